The van der Waals surface area contributed by atoms with Gasteiger partial charge in [-0.1, -0.05) is 55.1 Å². The van der Waals surface area contributed by atoms with Gasteiger partial charge in [-0.15, -0.1) is 0 Å². The fourth-order valence-electron chi connectivity index (χ4n) is 2.13. The molecule has 1 aromatic carbocycles. The first-order valence-corrected chi connectivity index (χ1v) is 6.91. The van der Waals surface area contributed by atoms with Crippen LogP contribution in [0.25, 0.3) is 6.08 Å². The van der Waals surface area contributed by atoms with Crippen LogP contribution >= 0.6 is 0 Å². The summed E-state index contributed by atoms with van der Waals surface area (Å²) in [6.45, 7) is 5.31. The molecule has 1 aliphatic heterocycles. The van der Waals surface area contributed by atoms with E-state index in [1.54, 1.807) is 13.0 Å². The third kappa shape index (κ3) is 3.85. The Hall–Kier alpha value is -2.82. The molecule has 0 saturated heterocycles. The summed E-state index contributed by atoms with van der Waals surface area (Å²) in [7, 11) is 0. The number of amides is 2. The zero-order chi connectivity index (χ0) is 15.9. The van der Waals surface area contributed by atoms with Crippen molar-refractivity contribution in [1.29, 1.82) is 0 Å². The van der Waals surface area contributed by atoms with Gasteiger partial charge >= 0.3 is 12.0 Å². The fourth-order valence-corrected chi connectivity index (χ4v) is 2.13. The minimum atomic E-state index is -0.536. The van der Waals surface area contributed by atoms with E-state index in [0.29, 0.717) is 11.3 Å². The molecule has 2 rings (SSSR count). The summed E-state index contributed by atoms with van der Waals surface area (Å²) in [6, 6.07) is 8.75. The number of hydrogen-bond acceptors (Lipinski definition) is 3. The van der Waals surface area contributed by atoms with Crippen molar-refractivity contribution in [2.45, 2.75) is 13.0 Å². The van der Waals surface area contributed by atoms with Crippen LogP contribution in [0.3, 0.4) is 0 Å². The van der Waals surface area contributed by atoms with Crippen molar-refractivity contribution in [3.8, 4) is 0 Å². The monoisotopic (exact) mass is 298 g/mol. The number of nitrogens with one attached hydrogen (secondary N) is 2. The van der Waals surface area contributed by atoms with E-state index in [-0.39, 0.29) is 12.6 Å². The first-order chi connectivity index (χ1) is 10.6. The predicted molar refractivity (Wildman–Crippen MR) is 84.8 cm³/mol. The van der Waals surface area contributed by atoms with Gasteiger partial charge in [-0.2, -0.15) is 0 Å². The van der Waals surface area contributed by atoms with Crippen molar-refractivity contribution in [3.05, 3.63) is 65.9 Å². The van der Waals surface area contributed by atoms with Crippen molar-refractivity contribution >= 4 is 18.1 Å². The van der Waals surface area contributed by atoms with Crippen LogP contribution in [0.2, 0.25) is 0 Å². The lowest BCUT2D eigenvalue weighted by molar-refractivity contribution is -0.138. The number of urea groups is 1. The van der Waals surface area contributed by atoms with Crippen LogP contribution in [0.15, 0.2) is 60.3 Å². The van der Waals surface area contributed by atoms with E-state index in [0.717, 1.165) is 5.56 Å². The molecular weight excluding hydrogens is 280 g/mol. The second-order valence-corrected chi connectivity index (χ2v) is 4.77. The Morgan fingerprint density at radius 2 is 2.09 bits per heavy atom. The number of allylic oxidation sites excluding steroid dienone is 1. The zero-order valence-electron chi connectivity index (χ0n) is 12.3. The minimum Gasteiger partial charge on any atom is -0.458 e. The van der Waals surface area contributed by atoms with Crippen LogP contribution in [0.4, 0.5) is 4.79 Å². The predicted octanol–water partition coefficient (Wildman–Crippen LogP) is 2.38. The SMILES string of the molecule is C=CCOC(=O)C1=C(C)NC(=O)N[C@@H]1/C=C/c1ccccc1. The molecule has 2 N–H and O–H groups in total. The number of hydrogen-bond donors (Lipinski definition) is 2. The van der Waals surface area contributed by atoms with E-state index >= 15 is 0 Å². The maximum Gasteiger partial charge on any atom is 0.338 e. The van der Waals surface area contributed by atoms with Crippen LogP contribution in [0.5, 0.6) is 0 Å². The number of carbonyl (C=O) groups excluding carboxylic acids is 2. The Kier molecular flexibility index (Phi) is 5.14. The van der Waals surface area contributed by atoms with Gasteiger partial charge in [0.1, 0.15) is 6.61 Å². The number of rotatable bonds is 5. The van der Waals surface area contributed by atoms with E-state index in [1.807, 2.05) is 36.4 Å². The lowest BCUT2D eigenvalue weighted by Crippen LogP contribution is -2.49. The number of esters is 1. The molecule has 114 valence electrons. The molecule has 0 aromatic heterocycles. The van der Waals surface area contributed by atoms with Gasteiger partial charge in [0.25, 0.3) is 0 Å². The molecule has 1 aromatic rings. The zero-order valence-corrected chi connectivity index (χ0v) is 12.3. The summed E-state index contributed by atoms with van der Waals surface area (Å²) in [5.41, 5.74) is 1.85. The number of benzene rings is 1. The molecule has 1 aliphatic rings. The van der Waals surface area contributed by atoms with Gasteiger partial charge in [-0.25, -0.2) is 9.59 Å². The highest BCUT2D eigenvalue weighted by molar-refractivity contribution is 5.95. The third-order valence-electron chi connectivity index (χ3n) is 3.14. The lowest BCUT2D eigenvalue weighted by Gasteiger charge is -2.25. The minimum absolute atomic E-state index is 0.124. The van der Waals surface area contributed by atoms with Crippen molar-refractivity contribution in [3.63, 3.8) is 0 Å². The second kappa shape index (κ2) is 7.26. The molecule has 1 heterocycles. The molecule has 5 nitrogen and oxygen atoms in total. The molecule has 0 aliphatic carbocycles. The van der Waals surface area contributed by atoms with Crippen molar-refractivity contribution < 1.29 is 14.3 Å². The van der Waals surface area contributed by atoms with E-state index in [4.69, 9.17) is 4.74 Å². The van der Waals surface area contributed by atoms with Gasteiger partial charge in [0.2, 0.25) is 0 Å². The summed E-state index contributed by atoms with van der Waals surface area (Å²) in [5, 5.41) is 5.29. The van der Waals surface area contributed by atoms with Gasteiger partial charge in [-0.05, 0) is 12.5 Å². The second-order valence-electron chi connectivity index (χ2n) is 4.77. The first kappa shape index (κ1) is 15.6. The maximum atomic E-state index is 12.1. The smallest absolute Gasteiger partial charge is 0.338 e. The Bertz CT molecular complexity index is 633. The molecule has 1 atom stereocenters. The van der Waals surface area contributed by atoms with Gasteiger partial charge in [0.15, 0.2) is 0 Å². The molecule has 0 radical (unpaired) electrons. The molecular formula is C17H18N2O3. The number of carbonyl (C=O) groups is 2. The highest BCUT2D eigenvalue weighted by Crippen LogP contribution is 2.16. The fraction of sp³-hybridized carbons (Fsp3) is 0.176. The molecule has 0 saturated carbocycles. The Labute approximate surface area is 129 Å². The van der Waals surface area contributed by atoms with Gasteiger partial charge in [-0.3, -0.25) is 0 Å². The lowest BCUT2D eigenvalue weighted by atomic mass is 10.0. The van der Waals surface area contributed by atoms with E-state index in [9.17, 15) is 9.59 Å². The Morgan fingerprint density at radius 1 is 1.36 bits per heavy atom. The molecule has 0 bridgehead atoms. The van der Waals surface area contributed by atoms with E-state index in [2.05, 4.69) is 17.2 Å². The van der Waals surface area contributed by atoms with Crippen molar-refractivity contribution in [2.75, 3.05) is 6.61 Å². The number of ether oxygens (including phenoxy) is 1. The summed E-state index contributed by atoms with van der Waals surface area (Å²) >= 11 is 0. The quantitative estimate of drug-likeness (QED) is 0.648. The average Bonchev–Trinajstić information content (AvgIpc) is 2.51. The van der Waals surface area contributed by atoms with Gasteiger partial charge in [0.05, 0.1) is 11.6 Å². The molecule has 0 spiro atoms. The van der Waals surface area contributed by atoms with Gasteiger partial charge < -0.3 is 15.4 Å². The molecule has 22 heavy (non-hydrogen) atoms. The largest absolute Gasteiger partial charge is 0.458 e. The van der Waals surface area contributed by atoms with E-state index < -0.39 is 12.0 Å². The Balaban J connectivity index is 2.24. The topological polar surface area (TPSA) is 67.4 Å². The van der Waals surface area contributed by atoms with E-state index in [1.165, 1.54) is 6.08 Å². The van der Waals surface area contributed by atoms with Crippen molar-refractivity contribution in [2.24, 2.45) is 0 Å². The normalized spacial score (nSPS) is 17.9. The summed E-state index contributed by atoms with van der Waals surface area (Å²) < 4.78 is 5.08. The van der Waals surface area contributed by atoms with Crippen LogP contribution in [-0.4, -0.2) is 24.6 Å². The van der Waals surface area contributed by atoms with Crippen LogP contribution in [-0.2, 0) is 9.53 Å². The summed E-state index contributed by atoms with van der Waals surface area (Å²) in [6.07, 6.45) is 5.11. The average molecular weight is 298 g/mol. The van der Waals surface area contributed by atoms with Crippen molar-refractivity contribution in [1.82, 2.24) is 10.6 Å². The maximum absolute atomic E-state index is 12.1. The Morgan fingerprint density at radius 3 is 2.77 bits per heavy atom. The highest BCUT2D eigenvalue weighted by atomic mass is 16.5. The molecule has 5 heteroatoms. The standard InChI is InChI=1S/C17H18N2O3/c1-3-11-22-16(20)15-12(2)18-17(21)19-14(15)10-9-13-7-5-4-6-8-13/h3-10,14H,1,11H2,2H3,(H2,18,19,21)/b10-9+/t14-/m1/s1. The van der Waals surface area contributed by atoms with Gasteiger partial charge in [0, 0.05) is 5.70 Å². The third-order valence-corrected chi connectivity index (χ3v) is 3.14. The summed E-state index contributed by atoms with van der Waals surface area (Å²) in [5.74, 6) is -0.479. The summed E-state index contributed by atoms with van der Waals surface area (Å²) in [4.78, 5) is 23.8. The van der Waals surface area contributed by atoms with Crippen LogP contribution < -0.4 is 10.6 Å². The first-order valence-electron chi connectivity index (χ1n) is 6.91. The highest BCUT2D eigenvalue weighted by Gasteiger charge is 2.29. The molecule has 0 unspecified atom stereocenters. The molecule has 0 fully saturated rings. The van der Waals surface area contributed by atoms with Crippen LogP contribution in [0, 0.1) is 0 Å². The van der Waals surface area contributed by atoms with Crippen LogP contribution in [0.1, 0.15) is 12.5 Å². The molecule has 2 amide bonds.